The lowest BCUT2D eigenvalue weighted by Gasteiger charge is -2.10. The number of halogens is 1. The zero-order chi connectivity index (χ0) is 11.4. The first-order valence-corrected chi connectivity index (χ1v) is 4.66. The Morgan fingerprint density at radius 3 is 2.87 bits per heavy atom. The molecule has 0 radical (unpaired) electrons. The van der Waals surface area contributed by atoms with Gasteiger partial charge >= 0.3 is 5.97 Å². The molecule has 5 heteroatoms. The van der Waals surface area contributed by atoms with Gasteiger partial charge in [-0.25, -0.2) is 4.79 Å². The summed E-state index contributed by atoms with van der Waals surface area (Å²) < 4.78 is 4.35. The number of esters is 1. The molecule has 4 nitrogen and oxygen atoms in total. The first-order valence-electron chi connectivity index (χ1n) is 4.28. The minimum absolute atomic E-state index is 0.0287. The summed E-state index contributed by atoms with van der Waals surface area (Å²) >= 11 is 5.66. The normalized spacial score (nSPS) is 12.2. The topological polar surface area (TPSA) is 66.8 Å². The van der Waals surface area contributed by atoms with Crippen LogP contribution in [0, 0.1) is 0 Å². The number of aliphatic hydroxyl groups excluding tert-OH is 1. The molecule has 0 saturated heterocycles. The number of carbonyl (C=O) groups is 1. The van der Waals surface area contributed by atoms with E-state index in [1.807, 2.05) is 0 Å². The second-order valence-electron chi connectivity index (χ2n) is 2.99. The van der Waals surface area contributed by atoms with Gasteiger partial charge in [-0.3, -0.25) is 0 Å². The Morgan fingerprint density at radius 2 is 2.27 bits per heavy atom. The molecule has 0 bridgehead atoms. The van der Waals surface area contributed by atoms with Gasteiger partial charge in [0.1, 0.15) is 5.75 Å². The van der Waals surface area contributed by atoms with Crippen molar-refractivity contribution in [2.24, 2.45) is 0 Å². The van der Waals surface area contributed by atoms with E-state index in [0.717, 1.165) is 0 Å². The van der Waals surface area contributed by atoms with Crippen LogP contribution in [0.25, 0.3) is 0 Å². The summed E-state index contributed by atoms with van der Waals surface area (Å²) in [4.78, 5) is 10.9. The molecule has 1 rings (SSSR count). The van der Waals surface area contributed by atoms with Crippen molar-refractivity contribution in [3.63, 3.8) is 0 Å². The van der Waals surface area contributed by atoms with Gasteiger partial charge in [0.15, 0.2) is 6.10 Å². The maximum absolute atomic E-state index is 10.9. The number of phenols is 1. The maximum atomic E-state index is 10.9. The predicted molar refractivity (Wildman–Crippen MR) is 54.8 cm³/mol. The van der Waals surface area contributed by atoms with Gasteiger partial charge in [-0.15, -0.1) is 0 Å². The van der Waals surface area contributed by atoms with Crippen LogP contribution in [0.5, 0.6) is 5.75 Å². The number of aliphatic hydroxyl groups is 1. The summed E-state index contributed by atoms with van der Waals surface area (Å²) in [5, 5.41) is 19.0. The summed E-state index contributed by atoms with van der Waals surface area (Å²) in [6, 6.07) is 4.72. The molecule has 0 fully saturated rings. The Morgan fingerprint density at radius 1 is 1.60 bits per heavy atom. The third-order valence-corrected chi connectivity index (χ3v) is 2.26. The fourth-order valence-corrected chi connectivity index (χ4v) is 1.35. The van der Waals surface area contributed by atoms with E-state index < -0.39 is 12.1 Å². The van der Waals surface area contributed by atoms with E-state index >= 15 is 0 Å². The van der Waals surface area contributed by atoms with Gasteiger partial charge in [-0.05, 0) is 11.6 Å². The number of aromatic hydroxyl groups is 1. The second-order valence-corrected chi connectivity index (χ2v) is 3.40. The summed E-state index contributed by atoms with van der Waals surface area (Å²) in [5.41, 5.74) is 0.403. The highest BCUT2D eigenvalue weighted by molar-refractivity contribution is 6.32. The number of carbonyl (C=O) groups excluding carboxylic acids is 1. The predicted octanol–water partition coefficient (Wildman–Crippen LogP) is 1.12. The first kappa shape index (κ1) is 11.8. The van der Waals surface area contributed by atoms with E-state index in [2.05, 4.69) is 4.74 Å². The first-order chi connectivity index (χ1) is 7.06. The highest BCUT2D eigenvalue weighted by Gasteiger charge is 2.18. The molecule has 0 amide bonds. The number of ether oxygens (including phenoxy) is 1. The van der Waals surface area contributed by atoms with Crippen LogP contribution in [0.3, 0.4) is 0 Å². The van der Waals surface area contributed by atoms with Gasteiger partial charge in [-0.1, -0.05) is 23.7 Å². The summed E-state index contributed by atoms with van der Waals surface area (Å²) in [6.45, 7) is 0. The van der Waals surface area contributed by atoms with Crippen LogP contribution in [0.1, 0.15) is 5.56 Å². The van der Waals surface area contributed by atoms with Crippen molar-refractivity contribution >= 4 is 17.6 Å². The number of methoxy groups -OCH3 is 1. The van der Waals surface area contributed by atoms with E-state index in [1.54, 1.807) is 12.1 Å². The molecule has 1 aromatic rings. The van der Waals surface area contributed by atoms with Crippen molar-refractivity contribution in [3.8, 4) is 5.75 Å². The number of hydrogen-bond donors (Lipinski definition) is 2. The molecule has 0 aromatic heterocycles. The average Bonchev–Trinajstić information content (AvgIpc) is 2.23. The molecule has 0 spiro atoms. The fraction of sp³-hybridized carbons (Fsp3) is 0.300. The lowest BCUT2D eigenvalue weighted by molar-refractivity contribution is -0.150. The third-order valence-electron chi connectivity index (χ3n) is 1.96. The molecule has 2 N–H and O–H groups in total. The van der Waals surface area contributed by atoms with Gasteiger partial charge in [0, 0.05) is 6.42 Å². The van der Waals surface area contributed by atoms with Crippen LogP contribution >= 0.6 is 11.6 Å². The maximum Gasteiger partial charge on any atom is 0.335 e. The Balaban J connectivity index is 2.81. The molecule has 0 aliphatic carbocycles. The SMILES string of the molecule is COC(=O)C(O)Cc1cccc(Cl)c1O. The van der Waals surface area contributed by atoms with Crippen molar-refractivity contribution in [1.82, 2.24) is 0 Å². The van der Waals surface area contributed by atoms with E-state index in [0.29, 0.717) is 5.56 Å². The minimum Gasteiger partial charge on any atom is -0.506 e. The fourth-order valence-electron chi connectivity index (χ4n) is 1.15. The zero-order valence-corrected chi connectivity index (χ0v) is 8.86. The standard InChI is InChI=1S/C10H11ClO4/c1-15-10(14)8(12)5-6-3-2-4-7(11)9(6)13/h2-4,8,12-13H,5H2,1H3. The number of rotatable bonds is 3. The quantitative estimate of drug-likeness (QED) is 0.764. The van der Waals surface area contributed by atoms with Crippen LogP contribution in [-0.2, 0) is 16.0 Å². The van der Waals surface area contributed by atoms with Gasteiger partial charge in [0.25, 0.3) is 0 Å². The number of hydrogen-bond acceptors (Lipinski definition) is 4. The van der Waals surface area contributed by atoms with Crippen molar-refractivity contribution in [2.75, 3.05) is 7.11 Å². The Labute approximate surface area is 92.1 Å². The zero-order valence-electron chi connectivity index (χ0n) is 8.11. The Kier molecular flexibility index (Phi) is 3.94. The molecule has 0 aliphatic heterocycles. The van der Waals surface area contributed by atoms with Gasteiger partial charge in [0.05, 0.1) is 12.1 Å². The molecular formula is C10H11ClO4. The highest BCUT2D eigenvalue weighted by Crippen LogP contribution is 2.27. The van der Waals surface area contributed by atoms with Crippen LogP contribution < -0.4 is 0 Å². The largest absolute Gasteiger partial charge is 0.506 e. The third kappa shape index (κ3) is 2.84. The smallest absolute Gasteiger partial charge is 0.335 e. The van der Waals surface area contributed by atoms with Crippen molar-refractivity contribution < 1.29 is 19.7 Å². The molecule has 1 unspecified atom stereocenters. The number of benzene rings is 1. The molecule has 15 heavy (non-hydrogen) atoms. The lowest BCUT2D eigenvalue weighted by atomic mass is 10.1. The Bertz CT molecular complexity index is 364. The lowest BCUT2D eigenvalue weighted by Crippen LogP contribution is -2.24. The van der Waals surface area contributed by atoms with Gasteiger partial charge in [0.2, 0.25) is 0 Å². The van der Waals surface area contributed by atoms with E-state index in [4.69, 9.17) is 11.6 Å². The molecule has 82 valence electrons. The van der Waals surface area contributed by atoms with Gasteiger partial charge in [-0.2, -0.15) is 0 Å². The van der Waals surface area contributed by atoms with Crippen LogP contribution in [0.15, 0.2) is 18.2 Å². The van der Waals surface area contributed by atoms with Gasteiger partial charge < -0.3 is 14.9 Å². The molecule has 1 aromatic carbocycles. The summed E-state index contributed by atoms with van der Waals surface area (Å²) in [5.74, 6) is -0.864. The molecule has 0 aliphatic rings. The van der Waals surface area contributed by atoms with E-state index in [-0.39, 0.29) is 17.2 Å². The highest BCUT2D eigenvalue weighted by atomic mass is 35.5. The molecule has 1 atom stereocenters. The number of phenolic OH excluding ortho intramolecular Hbond substituents is 1. The number of para-hydroxylation sites is 1. The van der Waals surface area contributed by atoms with E-state index in [9.17, 15) is 15.0 Å². The molecule has 0 heterocycles. The molecule has 0 saturated carbocycles. The summed E-state index contributed by atoms with van der Waals surface area (Å²) in [7, 11) is 1.18. The van der Waals surface area contributed by atoms with Crippen molar-refractivity contribution in [2.45, 2.75) is 12.5 Å². The van der Waals surface area contributed by atoms with Crippen LogP contribution in [0.4, 0.5) is 0 Å². The summed E-state index contributed by atoms with van der Waals surface area (Å²) in [6.07, 6.45) is -1.32. The second kappa shape index (κ2) is 5.00. The van der Waals surface area contributed by atoms with Crippen LogP contribution in [0.2, 0.25) is 5.02 Å². The molecular weight excluding hydrogens is 220 g/mol. The monoisotopic (exact) mass is 230 g/mol. The average molecular weight is 231 g/mol. The van der Waals surface area contributed by atoms with E-state index in [1.165, 1.54) is 13.2 Å². The Hall–Kier alpha value is -1.26. The van der Waals surface area contributed by atoms with Crippen molar-refractivity contribution in [3.05, 3.63) is 28.8 Å². The minimum atomic E-state index is -1.29. The van der Waals surface area contributed by atoms with Crippen LogP contribution in [-0.4, -0.2) is 29.4 Å². The van der Waals surface area contributed by atoms with Crippen molar-refractivity contribution in [1.29, 1.82) is 0 Å².